The highest BCUT2D eigenvalue weighted by molar-refractivity contribution is 5.42. The second-order valence-corrected chi connectivity index (χ2v) is 4.29. The summed E-state index contributed by atoms with van der Waals surface area (Å²) in [5.74, 6) is -1.82. The molecule has 1 aromatic carbocycles. The molecule has 0 aromatic heterocycles. The summed E-state index contributed by atoms with van der Waals surface area (Å²) in [6.07, 6.45) is 0.671. The average molecular weight is 240 g/mol. The van der Waals surface area contributed by atoms with Crippen LogP contribution in [0, 0.1) is 5.82 Å². The molecule has 2 rings (SSSR count). The van der Waals surface area contributed by atoms with Gasteiger partial charge in [-0.3, -0.25) is 0 Å². The normalized spacial score (nSPS) is 17.2. The molecule has 1 fully saturated rings. The Balaban J connectivity index is 1.94. The Hall–Kier alpha value is -1.33. The van der Waals surface area contributed by atoms with Gasteiger partial charge in [-0.15, -0.1) is 0 Å². The van der Waals surface area contributed by atoms with E-state index < -0.39 is 11.6 Å². The number of phenolic OH excluding ortho intramolecular Hbond substituents is 2. The third-order valence-corrected chi connectivity index (χ3v) is 3.03. The molecule has 4 nitrogen and oxygen atoms in total. The number of nitrogens with zero attached hydrogens (tertiary/aromatic N) is 1. The van der Waals surface area contributed by atoms with Crippen LogP contribution in [0.25, 0.3) is 0 Å². The first-order chi connectivity index (χ1) is 8.16. The molecule has 1 saturated heterocycles. The molecule has 0 bridgehead atoms. The number of phenols is 2. The summed E-state index contributed by atoms with van der Waals surface area (Å²) in [6, 6.07) is 2.69. The van der Waals surface area contributed by atoms with Crippen LogP contribution in [0.2, 0.25) is 0 Å². The van der Waals surface area contributed by atoms with Crippen LogP contribution >= 0.6 is 0 Å². The lowest BCUT2D eigenvalue weighted by Crippen LogP contribution is -2.44. The van der Waals surface area contributed by atoms with Gasteiger partial charge in [0.05, 0.1) is 0 Å². The number of rotatable bonds is 3. The van der Waals surface area contributed by atoms with Gasteiger partial charge >= 0.3 is 0 Å². The number of hydrogen-bond donors (Lipinski definition) is 3. The highest BCUT2D eigenvalue weighted by Gasteiger charge is 2.12. The van der Waals surface area contributed by atoms with Crippen LogP contribution in [0.1, 0.15) is 5.56 Å². The number of nitrogens with one attached hydrogen (secondary N) is 1. The molecule has 1 aliphatic heterocycles. The van der Waals surface area contributed by atoms with Crippen LogP contribution in [0.3, 0.4) is 0 Å². The molecule has 0 spiro atoms. The van der Waals surface area contributed by atoms with Crippen molar-refractivity contribution in [2.24, 2.45) is 0 Å². The van der Waals surface area contributed by atoms with E-state index in [4.69, 9.17) is 5.11 Å². The Labute approximate surface area is 99.7 Å². The molecule has 1 aromatic rings. The zero-order valence-electron chi connectivity index (χ0n) is 9.62. The molecule has 1 heterocycles. The Morgan fingerprint density at radius 3 is 2.59 bits per heavy atom. The Kier molecular flexibility index (Phi) is 3.81. The molecule has 0 radical (unpaired) electrons. The molecule has 5 heteroatoms. The largest absolute Gasteiger partial charge is 0.504 e. The van der Waals surface area contributed by atoms with E-state index in [0.29, 0.717) is 12.0 Å². The molecule has 94 valence electrons. The van der Waals surface area contributed by atoms with E-state index in [2.05, 4.69) is 10.2 Å². The van der Waals surface area contributed by atoms with Gasteiger partial charge in [0.2, 0.25) is 0 Å². The van der Waals surface area contributed by atoms with Crippen molar-refractivity contribution in [2.45, 2.75) is 6.42 Å². The predicted molar refractivity (Wildman–Crippen MR) is 62.7 cm³/mol. The lowest BCUT2D eigenvalue weighted by atomic mass is 10.1. The predicted octanol–water partition coefficient (Wildman–Crippen LogP) is 0.685. The van der Waals surface area contributed by atoms with Gasteiger partial charge in [-0.2, -0.15) is 0 Å². The number of piperazine rings is 1. The summed E-state index contributed by atoms with van der Waals surface area (Å²) in [4.78, 5) is 2.29. The summed E-state index contributed by atoms with van der Waals surface area (Å²) in [5.41, 5.74) is 0.705. The van der Waals surface area contributed by atoms with Gasteiger partial charge in [-0.25, -0.2) is 4.39 Å². The fraction of sp³-hybridized carbons (Fsp3) is 0.500. The van der Waals surface area contributed by atoms with Crippen LogP contribution < -0.4 is 5.32 Å². The fourth-order valence-corrected chi connectivity index (χ4v) is 2.01. The minimum atomic E-state index is -0.764. The van der Waals surface area contributed by atoms with Crippen LogP contribution in [0.5, 0.6) is 11.5 Å². The Morgan fingerprint density at radius 1 is 1.24 bits per heavy atom. The second kappa shape index (κ2) is 5.33. The Morgan fingerprint density at radius 2 is 1.94 bits per heavy atom. The van der Waals surface area contributed by atoms with E-state index in [0.717, 1.165) is 32.7 Å². The maximum atomic E-state index is 13.2. The Bertz CT molecular complexity index is 369. The first kappa shape index (κ1) is 12.1. The summed E-state index contributed by atoms with van der Waals surface area (Å²) >= 11 is 0. The van der Waals surface area contributed by atoms with Gasteiger partial charge in [-0.05, 0) is 24.1 Å². The lowest BCUT2D eigenvalue weighted by molar-refractivity contribution is 0.243. The quantitative estimate of drug-likeness (QED) is 0.680. The molecular formula is C12H17FN2O2. The highest BCUT2D eigenvalue weighted by atomic mass is 19.1. The molecule has 3 N–H and O–H groups in total. The van der Waals surface area contributed by atoms with Gasteiger partial charge in [0, 0.05) is 32.7 Å². The van der Waals surface area contributed by atoms with E-state index >= 15 is 0 Å². The summed E-state index contributed by atoms with van der Waals surface area (Å²) in [5, 5.41) is 21.7. The van der Waals surface area contributed by atoms with E-state index in [1.807, 2.05) is 0 Å². The van der Waals surface area contributed by atoms with Crippen molar-refractivity contribution in [1.82, 2.24) is 10.2 Å². The van der Waals surface area contributed by atoms with E-state index in [1.165, 1.54) is 12.1 Å². The lowest BCUT2D eigenvalue weighted by Gasteiger charge is -2.27. The number of aromatic hydroxyl groups is 2. The van der Waals surface area contributed by atoms with Crippen molar-refractivity contribution in [2.75, 3.05) is 32.7 Å². The van der Waals surface area contributed by atoms with Crippen molar-refractivity contribution in [3.63, 3.8) is 0 Å². The first-order valence-corrected chi connectivity index (χ1v) is 5.80. The summed E-state index contributed by atoms with van der Waals surface area (Å²) < 4.78 is 13.2. The van der Waals surface area contributed by atoms with Crippen LogP contribution in [0.15, 0.2) is 12.1 Å². The zero-order chi connectivity index (χ0) is 12.3. The fourth-order valence-electron chi connectivity index (χ4n) is 2.01. The third-order valence-electron chi connectivity index (χ3n) is 3.03. The van der Waals surface area contributed by atoms with Gasteiger partial charge in [0.1, 0.15) is 0 Å². The van der Waals surface area contributed by atoms with Gasteiger partial charge in [0.15, 0.2) is 17.3 Å². The van der Waals surface area contributed by atoms with Crippen LogP contribution in [0.4, 0.5) is 4.39 Å². The van der Waals surface area contributed by atoms with Gasteiger partial charge < -0.3 is 20.4 Å². The molecule has 17 heavy (non-hydrogen) atoms. The van der Waals surface area contributed by atoms with Crippen molar-refractivity contribution >= 4 is 0 Å². The van der Waals surface area contributed by atoms with E-state index in [1.54, 1.807) is 0 Å². The van der Waals surface area contributed by atoms with Gasteiger partial charge in [-0.1, -0.05) is 0 Å². The van der Waals surface area contributed by atoms with E-state index in [-0.39, 0.29) is 5.75 Å². The zero-order valence-corrected chi connectivity index (χ0v) is 9.62. The van der Waals surface area contributed by atoms with Gasteiger partial charge in [0.25, 0.3) is 0 Å². The molecular weight excluding hydrogens is 223 g/mol. The third kappa shape index (κ3) is 3.08. The number of benzene rings is 1. The molecule has 0 saturated carbocycles. The SMILES string of the molecule is Oc1cc(CCN2CCNCC2)cc(F)c1O. The van der Waals surface area contributed by atoms with Crippen molar-refractivity contribution in [3.8, 4) is 11.5 Å². The smallest absolute Gasteiger partial charge is 0.194 e. The minimum Gasteiger partial charge on any atom is -0.504 e. The molecule has 0 unspecified atom stereocenters. The van der Waals surface area contributed by atoms with Crippen molar-refractivity contribution < 1.29 is 14.6 Å². The second-order valence-electron chi connectivity index (χ2n) is 4.29. The van der Waals surface area contributed by atoms with E-state index in [9.17, 15) is 9.50 Å². The van der Waals surface area contributed by atoms with Crippen LogP contribution in [-0.2, 0) is 6.42 Å². The standard InChI is InChI=1S/C12H17FN2O2/c13-10-7-9(8-11(16)12(10)17)1-4-15-5-2-14-3-6-15/h7-8,14,16-17H,1-6H2. The monoisotopic (exact) mass is 240 g/mol. The van der Waals surface area contributed by atoms with Crippen molar-refractivity contribution in [1.29, 1.82) is 0 Å². The minimum absolute atomic E-state index is 0.389. The summed E-state index contributed by atoms with van der Waals surface area (Å²) in [7, 11) is 0. The topological polar surface area (TPSA) is 55.7 Å². The number of hydrogen-bond acceptors (Lipinski definition) is 4. The first-order valence-electron chi connectivity index (χ1n) is 5.80. The molecule has 0 atom stereocenters. The molecule has 0 aliphatic carbocycles. The number of halogens is 1. The highest BCUT2D eigenvalue weighted by Crippen LogP contribution is 2.29. The van der Waals surface area contributed by atoms with Crippen LogP contribution in [-0.4, -0.2) is 47.8 Å². The maximum absolute atomic E-state index is 13.2. The summed E-state index contributed by atoms with van der Waals surface area (Å²) in [6.45, 7) is 4.79. The maximum Gasteiger partial charge on any atom is 0.194 e. The molecule has 1 aliphatic rings. The molecule has 0 amide bonds. The van der Waals surface area contributed by atoms with Crippen molar-refractivity contribution in [3.05, 3.63) is 23.5 Å². The average Bonchev–Trinajstić information content (AvgIpc) is 2.34.